The number of anilines is 2. The van der Waals surface area contributed by atoms with Gasteiger partial charge in [0.25, 0.3) is 0 Å². The van der Waals surface area contributed by atoms with Crippen LogP contribution in [0, 0.1) is 0 Å². The summed E-state index contributed by atoms with van der Waals surface area (Å²) in [5.74, 6) is -0.385. The number of ether oxygens (including phenoxy) is 1. The van der Waals surface area contributed by atoms with Crippen LogP contribution in [0.1, 0.15) is 9.67 Å². The summed E-state index contributed by atoms with van der Waals surface area (Å²) < 4.78 is 4.68. The average molecular weight is 270 g/mol. The predicted octanol–water partition coefficient (Wildman–Crippen LogP) is 0.691. The molecule has 0 unspecified atom stereocenters. The zero-order chi connectivity index (χ0) is 13.1. The van der Waals surface area contributed by atoms with Crippen LogP contribution in [0.15, 0.2) is 6.07 Å². The Bertz CT molecular complexity index is 427. The minimum absolute atomic E-state index is 0.385. The molecule has 18 heavy (non-hydrogen) atoms. The molecule has 2 heterocycles. The number of hydrogen-bond acceptors (Lipinski definition) is 7. The van der Waals surface area contributed by atoms with Crippen LogP contribution < -0.4 is 11.2 Å². The van der Waals surface area contributed by atoms with Crippen molar-refractivity contribution < 1.29 is 9.53 Å². The smallest absolute Gasteiger partial charge is 0.350 e. The molecule has 7 heteroatoms. The second-order valence-electron chi connectivity index (χ2n) is 4.29. The molecule has 6 nitrogen and oxygen atoms in total. The maximum atomic E-state index is 11.4. The number of thiophene rings is 1. The van der Waals surface area contributed by atoms with Crippen molar-refractivity contribution in [2.24, 2.45) is 0 Å². The maximum absolute atomic E-state index is 11.4. The van der Waals surface area contributed by atoms with Crippen molar-refractivity contribution in [3.8, 4) is 0 Å². The van der Waals surface area contributed by atoms with E-state index >= 15 is 0 Å². The van der Waals surface area contributed by atoms with Gasteiger partial charge in [-0.1, -0.05) is 0 Å². The first-order valence-corrected chi connectivity index (χ1v) is 6.59. The number of nitrogen functional groups attached to an aromatic ring is 1. The van der Waals surface area contributed by atoms with E-state index in [1.54, 1.807) is 6.07 Å². The van der Waals surface area contributed by atoms with Gasteiger partial charge in [-0.3, -0.25) is 0 Å². The fraction of sp³-hybridized carbons (Fsp3) is 0.545. The molecule has 1 aliphatic rings. The van der Waals surface area contributed by atoms with E-state index in [1.165, 1.54) is 18.4 Å². The van der Waals surface area contributed by atoms with Gasteiger partial charge in [-0.25, -0.2) is 9.80 Å². The van der Waals surface area contributed by atoms with E-state index in [4.69, 9.17) is 5.73 Å². The maximum Gasteiger partial charge on any atom is 0.350 e. The van der Waals surface area contributed by atoms with Crippen molar-refractivity contribution in [2.75, 3.05) is 51.5 Å². The van der Waals surface area contributed by atoms with Gasteiger partial charge in [-0.15, -0.1) is 11.3 Å². The molecule has 0 atom stereocenters. The Kier molecular flexibility index (Phi) is 4.05. The first kappa shape index (κ1) is 13.1. The van der Waals surface area contributed by atoms with E-state index in [-0.39, 0.29) is 5.97 Å². The van der Waals surface area contributed by atoms with E-state index in [0.29, 0.717) is 10.6 Å². The minimum atomic E-state index is -0.385. The molecule has 0 aliphatic carbocycles. The Morgan fingerprint density at radius 2 is 2.11 bits per heavy atom. The Balaban J connectivity index is 2.00. The van der Waals surface area contributed by atoms with Gasteiger partial charge in [0.15, 0.2) is 0 Å². The topological polar surface area (TPSA) is 70.8 Å². The summed E-state index contributed by atoms with van der Waals surface area (Å²) in [6.45, 7) is 3.94. The van der Waals surface area contributed by atoms with Gasteiger partial charge in [0, 0.05) is 26.2 Å². The monoisotopic (exact) mass is 270 g/mol. The van der Waals surface area contributed by atoms with Crippen LogP contribution in [0.25, 0.3) is 0 Å². The largest absolute Gasteiger partial charge is 0.465 e. The fourth-order valence-corrected chi connectivity index (χ4v) is 2.71. The standard InChI is InChI=1S/C11H18N4O2S/c1-14-3-5-15(6-4-14)13-9-7-8(12)10(18-9)11(16)17-2/h7,13H,3-6,12H2,1-2H3. The van der Waals surface area contributed by atoms with Crippen LogP contribution in [0.5, 0.6) is 0 Å². The van der Waals surface area contributed by atoms with Gasteiger partial charge in [0.1, 0.15) is 9.88 Å². The molecule has 1 aromatic rings. The average Bonchev–Trinajstić information content (AvgIpc) is 2.72. The lowest BCUT2D eigenvalue weighted by Gasteiger charge is -2.32. The quantitative estimate of drug-likeness (QED) is 0.788. The number of nitrogens with one attached hydrogen (secondary N) is 1. The van der Waals surface area contributed by atoms with Crippen LogP contribution in [-0.2, 0) is 4.74 Å². The molecule has 0 aromatic carbocycles. The molecular weight excluding hydrogens is 252 g/mol. The number of likely N-dealkylation sites (N-methyl/N-ethyl adjacent to an activating group) is 1. The summed E-state index contributed by atoms with van der Waals surface area (Å²) in [5, 5.41) is 3.00. The molecule has 0 spiro atoms. The molecule has 0 saturated carbocycles. The van der Waals surface area contributed by atoms with Crippen LogP contribution in [0.3, 0.4) is 0 Å². The normalized spacial score (nSPS) is 17.7. The van der Waals surface area contributed by atoms with Gasteiger partial charge < -0.3 is 20.8 Å². The second-order valence-corrected chi connectivity index (χ2v) is 5.34. The Morgan fingerprint density at radius 3 is 2.72 bits per heavy atom. The fourth-order valence-electron chi connectivity index (χ4n) is 1.79. The summed E-state index contributed by atoms with van der Waals surface area (Å²) in [6.07, 6.45) is 0. The summed E-state index contributed by atoms with van der Waals surface area (Å²) in [5.41, 5.74) is 9.53. The minimum Gasteiger partial charge on any atom is -0.465 e. The molecule has 2 rings (SSSR count). The van der Waals surface area contributed by atoms with Gasteiger partial charge in [-0.2, -0.15) is 0 Å². The number of piperazine rings is 1. The number of rotatable bonds is 3. The lowest BCUT2D eigenvalue weighted by atomic mass is 10.4. The lowest BCUT2D eigenvalue weighted by Crippen LogP contribution is -2.46. The number of carbonyl (C=O) groups is 1. The first-order valence-electron chi connectivity index (χ1n) is 5.78. The van der Waals surface area contributed by atoms with E-state index in [2.05, 4.69) is 27.1 Å². The van der Waals surface area contributed by atoms with Crippen molar-refractivity contribution in [3.05, 3.63) is 10.9 Å². The van der Waals surface area contributed by atoms with Crippen molar-refractivity contribution in [2.45, 2.75) is 0 Å². The summed E-state index contributed by atoms with van der Waals surface area (Å²) in [6, 6.07) is 1.77. The number of hydrazine groups is 1. The number of esters is 1. The second kappa shape index (κ2) is 5.55. The van der Waals surface area contributed by atoms with Crippen LogP contribution >= 0.6 is 11.3 Å². The van der Waals surface area contributed by atoms with Crippen molar-refractivity contribution >= 4 is 28.0 Å². The molecule has 0 radical (unpaired) electrons. The van der Waals surface area contributed by atoms with Gasteiger partial charge in [0.2, 0.25) is 0 Å². The molecule has 3 N–H and O–H groups in total. The molecular formula is C11H18N4O2S. The first-order chi connectivity index (χ1) is 8.60. The third-order valence-electron chi connectivity index (χ3n) is 2.90. The molecule has 0 bridgehead atoms. The highest BCUT2D eigenvalue weighted by Gasteiger charge is 2.18. The highest BCUT2D eigenvalue weighted by atomic mass is 32.1. The Labute approximate surface area is 110 Å². The zero-order valence-corrected chi connectivity index (χ0v) is 11.4. The van der Waals surface area contributed by atoms with Gasteiger partial charge in [-0.05, 0) is 13.1 Å². The lowest BCUT2D eigenvalue weighted by molar-refractivity contribution is 0.0607. The molecule has 0 amide bonds. The molecule has 1 fully saturated rings. The number of nitrogens with two attached hydrogens (primary N) is 1. The zero-order valence-electron chi connectivity index (χ0n) is 10.6. The summed E-state index contributed by atoms with van der Waals surface area (Å²) >= 11 is 1.32. The SMILES string of the molecule is COC(=O)c1sc(NN2CCN(C)CC2)cc1N. The van der Waals surface area contributed by atoms with Crippen molar-refractivity contribution in [3.63, 3.8) is 0 Å². The van der Waals surface area contributed by atoms with Gasteiger partial charge in [0.05, 0.1) is 12.8 Å². The van der Waals surface area contributed by atoms with Crippen molar-refractivity contribution in [1.82, 2.24) is 9.91 Å². The number of hydrogen-bond donors (Lipinski definition) is 2. The molecule has 1 saturated heterocycles. The molecule has 1 aromatic heterocycles. The highest BCUT2D eigenvalue weighted by molar-refractivity contribution is 7.18. The molecule has 100 valence electrons. The highest BCUT2D eigenvalue weighted by Crippen LogP contribution is 2.30. The Hall–Kier alpha value is -1.31. The third-order valence-corrected chi connectivity index (χ3v) is 3.94. The molecule has 1 aliphatic heterocycles. The van der Waals surface area contributed by atoms with E-state index < -0.39 is 0 Å². The number of methoxy groups -OCH3 is 1. The summed E-state index contributed by atoms with van der Waals surface area (Å²) in [7, 11) is 3.46. The van der Waals surface area contributed by atoms with Gasteiger partial charge >= 0.3 is 5.97 Å². The van der Waals surface area contributed by atoms with E-state index in [1.807, 2.05) is 0 Å². The van der Waals surface area contributed by atoms with E-state index in [0.717, 1.165) is 31.2 Å². The van der Waals surface area contributed by atoms with E-state index in [9.17, 15) is 4.79 Å². The third kappa shape index (κ3) is 2.92. The van der Waals surface area contributed by atoms with Crippen molar-refractivity contribution in [1.29, 1.82) is 0 Å². The van der Waals surface area contributed by atoms with Crippen LogP contribution in [-0.4, -0.2) is 56.2 Å². The van der Waals surface area contributed by atoms with Crippen LogP contribution in [0.4, 0.5) is 10.7 Å². The predicted molar refractivity (Wildman–Crippen MR) is 72.8 cm³/mol. The van der Waals surface area contributed by atoms with Crippen LogP contribution in [0.2, 0.25) is 0 Å². The summed E-state index contributed by atoms with van der Waals surface area (Å²) in [4.78, 5) is 14.2. The number of nitrogens with zero attached hydrogens (tertiary/aromatic N) is 2. The Morgan fingerprint density at radius 1 is 1.44 bits per heavy atom. The number of carbonyl (C=O) groups excluding carboxylic acids is 1.